The molecule has 5 nitrogen and oxygen atoms in total. The van der Waals surface area contributed by atoms with Crippen LogP contribution in [0, 0.1) is 6.92 Å². The van der Waals surface area contributed by atoms with Crippen molar-refractivity contribution in [2.24, 2.45) is 0 Å². The molecule has 0 amide bonds. The molecule has 0 aliphatic rings. The van der Waals surface area contributed by atoms with E-state index in [0.717, 1.165) is 6.54 Å². The monoisotopic (exact) mass is 260 g/mol. The summed E-state index contributed by atoms with van der Waals surface area (Å²) in [7, 11) is -1.85. The van der Waals surface area contributed by atoms with E-state index in [1.807, 2.05) is 6.92 Å². The predicted octanol–water partition coefficient (Wildman–Crippen LogP) is 1.34. The minimum Gasteiger partial charge on any atom is -0.464 e. The third-order valence-electron chi connectivity index (χ3n) is 2.61. The molecule has 1 rings (SSSR count). The summed E-state index contributed by atoms with van der Waals surface area (Å²) in [6.45, 7) is 7.26. The number of aryl methyl sites for hydroxylation is 1. The second-order valence-electron chi connectivity index (χ2n) is 3.83. The molecule has 0 atom stereocenters. The molecule has 0 saturated heterocycles. The van der Waals surface area contributed by atoms with Crippen molar-refractivity contribution >= 4 is 10.0 Å². The van der Waals surface area contributed by atoms with Gasteiger partial charge in [-0.3, -0.25) is 0 Å². The van der Waals surface area contributed by atoms with E-state index < -0.39 is 10.0 Å². The summed E-state index contributed by atoms with van der Waals surface area (Å²) in [6.07, 6.45) is 0. The fourth-order valence-corrected chi connectivity index (χ4v) is 2.81. The first kappa shape index (κ1) is 14.2. The third kappa shape index (κ3) is 3.08. The molecule has 0 spiro atoms. The van der Waals surface area contributed by atoms with Crippen molar-refractivity contribution in [3.63, 3.8) is 0 Å². The summed E-state index contributed by atoms with van der Waals surface area (Å²) in [5.41, 5.74) is 0. The van der Waals surface area contributed by atoms with E-state index in [1.54, 1.807) is 27.0 Å². The number of nitrogens with zero attached hydrogens (tertiary/aromatic N) is 1. The van der Waals surface area contributed by atoms with Gasteiger partial charge in [0.25, 0.3) is 0 Å². The van der Waals surface area contributed by atoms with Crippen LogP contribution in [0.25, 0.3) is 0 Å². The maximum atomic E-state index is 12.1. The van der Waals surface area contributed by atoms with Crippen LogP contribution in [-0.4, -0.2) is 32.9 Å². The number of hydrogen-bond acceptors (Lipinski definition) is 4. The van der Waals surface area contributed by atoms with Crippen molar-refractivity contribution < 1.29 is 12.8 Å². The first-order valence-corrected chi connectivity index (χ1v) is 7.13. The molecule has 98 valence electrons. The molecule has 0 aliphatic carbocycles. The molecular formula is C11H20N2O3S. The Hall–Kier alpha value is -0.850. The van der Waals surface area contributed by atoms with E-state index in [-0.39, 0.29) is 4.90 Å². The van der Waals surface area contributed by atoms with Gasteiger partial charge in [-0.25, -0.2) is 12.7 Å². The maximum Gasteiger partial charge on any atom is 0.246 e. The minimum atomic E-state index is -3.41. The minimum absolute atomic E-state index is 0.259. The quantitative estimate of drug-likeness (QED) is 0.838. The Kier molecular flexibility index (Phi) is 4.73. The molecule has 6 heteroatoms. The molecule has 1 aromatic rings. The van der Waals surface area contributed by atoms with Crippen molar-refractivity contribution in [2.75, 3.05) is 20.1 Å². The fourth-order valence-electron chi connectivity index (χ4n) is 1.45. The van der Waals surface area contributed by atoms with Gasteiger partial charge in [-0.15, -0.1) is 0 Å². The van der Waals surface area contributed by atoms with Gasteiger partial charge in [0, 0.05) is 19.7 Å². The second kappa shape index (κ2) is 5.66. The van der Waals surface area contributed by atoms with Crippen molar-refractivity contribution in [2.45, 2.75) is 32.2 Å². The van der Waals surface area contributed by atoms with E-state index in [4.69, 9.17) is 4.42 Å². The number of hydrogen-bond donors (Lipinski definition) is 1. The zero-order valence-electron chi connectivity index (χ0n) is 10.8. The molecule has 0 saturated carbocycles. The Balaban J connectivity index is 3.02. The summed E-state index contributed by atoms with van der Waals surface area (Å²) in [5.74, 6) is 1.09. The van der Waals surface area contributed by atoms with Crippen LogP contribution in [0.5, 0.6) is 0 Å². The highest BCUT2D eigenvalue weighted by atomic mass is 32.2. The van der Waals surface area contributed by atoms with Gasteiger partial charge in [0.2, 0.25) is 10.0 Å². The lowest BCUT2D eigenvalue weighted by molar-refractivity contribution is 0.455. The number of rotatable bonds is 6. The van der Waals surface area contributed by atoms with Gasteiger partial charge in [0.15, 0.2) is 0 Å². The highest BCUT2D eigenvalue weighted by Gasteiger charge is 2.24. The van der Waals surface area contributed by atoms with Crippen molar-refractivity contribution in [3.8, 4) is 0 Å². The summed E-state index contributed by atoms with van der Waals surface area (Å²) in [4.78, 5) is 0.259. The van der Waals surface area contributed by atoms with E-state index in [1.165, 1.54) is 4.31 Å². The van der Waals surface area contributed by atoms with Crippen LogP contribution in [0.3, 0.4) is 0 Å². The van der Waals surface area contributed by atoms with Crippen molar-refractivity contribution in [3.05, 3.63) is 17.6 Å². The Labute approximate surface area is 103 Å². The first-order chi connectivity index (χ1) is 7.93. The Morgan fingerprint density at radius 3 is 2.59 bits per heavy atom. The molecule has 1 heterocycles. The van der Waals surface area contributed by atoms with Gasteiger partial charge in [-0.2, -0.15) is 0 Å². The molecule has 0 unspecified atom stereocenters. The van der Waals surface area contributed by atoms with Gasteiger partial charge < -0.3 is 9.73 Å². The smallest absolute Gasteiger partial charge is 0.246 e. The van der Waals surface area contributed by atoms with Crippen LogP contribution in [-0.2, 0) is 16.6 Å². The lowest BCUT2D eigenvalue weighted by Crippen LogP contribution is -2.26. The second-order valence-corrected chi connectivity index (χ2v) is 5.85. The maximum absolute atomic E-state index is 12.1. The SMILES string of the molecule is CCNCc1cc(S(=O)(=O)N(C)CC)c(C)o1. The molecule has 0 radical (unpaired) electrons. The highest BCUT2D eigenvalue weighted by Crippen LogP contribution is 2.22. The number of sulfonamides is 1. The number of furan rings is 1. The normalized spacial score (nSPS) is 12.3. The standard InChI is InChI=1S/C11H20N2O3S/c1-5-12-8-10-7-11(9(3)16-10)17(14,15)13(4)6-2/h7,12H,5-6,8H2,1-4H3. The van der Waals surface area contributed by atoms with Crippen LogP contribution in [0.2, 0.25) is 0 Å². The zero-order valence-corrected chi connectivity index (χ0v) is 11.6. The van der Waals surface area contributed by atoms with Crippen LogP contribution in [0.4, 0.5) is 0 Å². The molecule has 0 aromatic carbocycles. The summed E-state index contributed by atoms with van der Waals surface area (Å²) < 4.78 is 31.0. The fraction of sp³-hybridized carbons (Fsp3) is 0.636. The summed E-state index contributed by atoms with van der Waals surface area (Å²) >= 11 is 0. The van der Waals surface area contributed by atoms with Gasteiger partial charge in [0.05, 0.1) is 6.54 Å². The van der Waals surface area contributed by atoms with E-state index in [2.05, 4.69) is 5.32 Å². The van der Waals surface area contributed by atoms with Crippen LogP contribution >= 0.6 is 0 Å². The van der Waals surface area contributed by atoms with Gasteiger partial charge in [0.1, 0.15) is 16.4 Å². The van der Waals surface area contributed by atoms with E-state index in [0.29, 0.717) is 24.6 Å². The van der Waals surface area contributed by atoms with Crippen molar-refractivity contribution in [1.29, 1.82) is 0 Å². The van der Waals surface area contributed by atoms with Gasteiger partial charge in [-0.1, -0.05) is 13.8 Å². The lowest BCUT2D eigenvalue weighted by atomic mass is 10.4. The van der Waals surface area contributed by atoms with Crippen LogP contribution in [0.15, 0.2) is 15.4 Å². The topological polar surface area (TPSA) is 62.6 Å². The van der Waals surface area contributed by atoms with Gasteiger partial charge >= 0.3 is 0 Å². The average molecular weight is 260 g/mol. The largest absolute Gasteiger partial charge is 0.464 e. The zero-order chi connectivity index (χ0) is 13.1. The average Bonchev–Trinajstić information content (AvgIpc) is 2.67. The first-order valence-electron chi connectivity index (χ1n) is 5.69. The van der Waals surface area contributed by atoms with E-state index in [9.17, 15) is 8.42 Å². The van der Waals surface area contributed by atoms with E-state index >= 15 is 0 Å². The lowest BCUT2D eigenvalue weighted by Gasteiger charge is -2.13. The number of nitrogens with one attached hydrogen (secondary N) is 1. The molecule has 0 fully saturated rings. The Morgan fingerprint density at radius 1 is 1.41 bits per heavy atom. The Morgan fingerprint density at radius 2 is 2.06 bits per heavy atom. The molecule has 17 heavy (non-hydrogen) atoms. The molecule has 1 N–H and O–H groups in total. The van der Waals surface area contributed by atoms with Crippen molar-refractivity contribution in [1.82, 2.24) is 9.62 Å². The van der Waals surface area contributed by atoms with Gasteiger partial charge in [-0.05, 0) is 13.5 Å². The molecule has 0 aliphatic heterocycles. The predicted molar refractivity (Wildman–Crippen MR) is 66.3 cm³/mol. The molecule has 0 bridgehead atoms. The molecular weight excluding hydrogens is 240 g/mol. The summed E-state index contributed by atoms with van der Waals surface area (Å²) in [5, 5.41) is 3.10. The third-order valence-corrected chi connectivity index (χ3v) is 4.65. The van der Waals surface area contributed by atoms with Crippen LogP contribution in [0.1, 0.15) is 25.4 Å². The summed E-state index contributed by atoms with van der Waals surface area (Å²) in [6, 6.07) is 1.60. The Bertz CT molecular complexity index is 465. The highest BCUT2D eigenvalue weighted by molar-refractivity contribution is 7.89. The molecule has 1 aromatic heterocycles. The van der Waals surface area contributed by atoms with Crippen LogP contribution < -0.4 is 5.32 Å².